The van der Waals surface area contributed by atoms with Crippen molar-refractivity contribution in [3.63, 3.8) is 0 Å². The van der Waals surface area contributed by atoms with Crippen LogP contribution in [0.2, 0.25) is 0 Å². The monoisotopic (exact) mass is 367 g/mol. The lowest BCUT2D eigenvalue weighted by Gasteiger charge is -2.02. The van der Waals surface area contributed by atoms with Crippen LogP contribution < -0.4 is 0 Å². The van der Waals surface area contributed by atoms with E-state index in [1.54, 1.807) is 30.3 Å². The van der Waals surface area contributed by atoms with Gasteiger partial charge in [0.05, 0.1) is 17.7 Å². The molecule has 0 saturated heterocycles. The number of aliphatic hydroxyl groups excluding tert-OH is 1. The number of aromatic hydroxyl groups is 1. The third-order valence-corrected chi connectivity index (χ3v) is 4.76. The molecule has 0 aliphatic carbocycles. The predicted molar refractivity (Wildman–Crippen MR) is 104 cm³/mol. The molecular formula is C20H17NO4S. The lowest BCUT2D eigenvalue weighted by molar-refractivity contribution is -0.135. The summed E-state index contributed by atoms with van der Waals surface area (Å²) in [6, 6.07) is 14.4. The molecule has 5 nitrogen and oxygen atoms in total. The maximum atomic E-state index is 12.1. The first-order valence-corrected chi connectivity index (χ1v) is 8.66. The summed E-state index contributed by atoms with van der Waals surface area (Å²) in [6.07, 6.45) is 1.62. The molecule has 3 rings (SSSR count). The summed E-state index contributed by atoms with van der Waals surface area (Å²) in [5, 5.41) is 21.0. The van der Waals surface area contributed by atoms with Crippen LogP contribution in [-0.2, 0) is 9.53 Å². The minimum absolute atomic E-state index is 0.0132. The summed E-state index contributed by atoms with van der Waals surface area (Å²) < 4.78 is 4.78. The van der Waals surface area contributed by atoms with E-state index in [-0.39, 0.29) is 17.1 Å². The van der Waals surface area contributed by atoms with Gasteiger partial charge in [0, 0.05) is 5.56 Å². The molecule has 132 valence electrons. The number of nitrogens with zero attached hydrogens (tertiary/aromatic N) is 1. The second kappa shape index (κ2) is 7.49. The summed E-state index contributed by atoms with van der Waals surface area (Å²) in [5.74, 6) is -0.781. The van der Waals surface area contributed by atoms with Gasteiger partial charge in [-0.2, -0.15) is 0 Å². The molecule has 26 heavy (non-hydrogen) atoms. The average molecular weight is 367 g/mol. The van der Waals surface area contributed by atoms with Gasteiger partial charge in [-0.25, -0.2) is 9.79 Å². The molecule has 0 atom stereocenters. The van der Waals surface area contributed by atoms with Gasteiger partial charge in [0.2, 0.25) is 0 Å². The zero-order chi connectivity index (χ0) is 18.7. The maximum Gasteiger partial charge on any atom is 0.344 e. The number of phenolic OH excluding ortho intramolecular Hbond substituents is 1. The second-order valence-electron chi connectivity index (χ2n) is 5.64. The molecule has 6 heteroatoms. The van der Waals surface area contributed by atoms with Crippen LogP contribution >= 0.6 is 11.8 Å². The molecule has 2 aromatic carbocycles. The van der Waals surface area contributed by atoms with Gasteiger partial charge >= 0.3 is 5.97 Å². The number of hydrogen-bond donors (Lipinski definition) is 2. The smallest absolute Gasteiger partial charge is 0.344 e. The van der Waals surface area contributed by atoms with Gasteiger partial charge in [-0.15, -0.1) is 0 Å². The Morgan fingerprint density at radius 3 is 2.54 bits per heavy atom. The molecular weight excluding hydrogens is 350 g/mol. The van der Waals surface area contributed by atoms with Crippen molar-refractivity contribution < 1.29 is 19.7 Å². The summed E-state index contributed by atoms with van der Waals surface area (Å²) in [7, 11) is 1.25. The molecule has 0 fully saturated rings. The highest BCUT2D eigenvalue weighted by molar-refractivity contribution is 8.18. The van der Waals surface area contributed by atoms with E-state index in [4.69, 9.17) is 4.74 Å². The topological polar surface area (TPSA) is 79.1 Å². The van der Waals surface area contributed by atoms with Gasteiger partial charge in [-0.3, -0.25) is 0 Å². The molecule has 0 saturated carbocycles. The van der Waals surface area contributed by atoms with Crippen LogP contribution in [0.15, 0.2) is 69.8 Å². The summed E-state index contributed by atoms with van der Waals surface area (Å²) in [5.41, 5.74) is 2.13. The van der Waals surface area contributed by atoms with Crippen LogP contribution in [0.25, 0.3) is 6.08 Å². The van der Waals surface area contributed by atoms with E-state index in [2.05, 4.69) is 4.99 Å². The van der Waals surface area contributed by atoms with E-state index in [0.717, 1.165) is 17.3 Å². The third-order valence-electron chi connectivity index (χ3n) is 3.74. The first-order chi connectivity index (χ1) is 12.5. The summed E-state index contributed by atoms with van der Waals surface area (Å²) in [6.45, 7) is 1.87. The molecule has 0 amide bonds. The zero-order valence-electron chi connectivity index (χ0n) is 14.3. The highest BCUT2D eigenvalue weighted by Gasteiger charge is 2.33. The molecule has 2 aromatic rings. The molecule has 1 aliphatic heterocycles. The number of phenols is 1. The number of aliphatic imine (C=N–C) groups is 1. The quantitative estimate of drug-likeness (QED) is 0.781. The summed E-state index contributed by atoms with van der Waals surface area (Å²) in [4.78, 5) is 17.0. The Bertz CT molecular complexity index is 946. The molecule has 2 N–H and O–H groups in total. The minimum atomic E-state index is -0.666. The number of rotatable bonds is 3. The van der Waals surface area contributed by atoms with Crippen molar-refractivity contribution in [2.75, 3.05) is 7.11 Å². The Kier molecular flexibility index (Phi) is 5.14. The van der Waals surface area contributed by atoms with Crippen molar-refractivity contribution in [2.24, 2.45) is 4.99 Å². The normalized spacial score (nSPS) is 17.2. The van der Waals surface area contributed by atoms with Crippen LogP contribution in [0.3, 0.4) is 0 Å². The van der Waals surface area contributed by atoms with Crippen molar-refractivity contribution in [1.29, 1.82) is 0 Å². The van der Waals surface area contributed by atoms with Crippen molar-refractivity contribution in [1.82, 2.24) is 0 Å². The van der Waals surface area contributed by atoms with E-state index in [9.17, 15) is 15.0 Å². The average Bonchev–Trinajstić information content (AvgIpc) is 2.93. The van der Waals surface area contributed by atoms with E-state index in [0.29, 0.717) is 21.2 Å². The number of aliphatic hydroxyl groups is 1. The van der Waals surface area contributed by atoms with Crippen molar-refractivity contribution in [2.45, 2.75) is 6.92 Å². The van der Waals surface area contributed by atoms with Gasteiger partial charge in [0.15, 0.2) is 0 Å². The number of thioether (sulfide) groups is 1. The number of methoxy groups -OCH3 is 1. The van der Waals surface area contributed by atoms with Gasteiger partial charge in [-0.05, 0) is 36.8 Å². The number of carbonyl (C=O) groups is 1. The maximum absolute atomic E-state index is 12.1. The van der Waals surface area contributed by atoms with Gasteiger partial charge in [0.1, 0.15) is 22.1 Å². The Balaban J connectivity index is 2.06. The number of ether oxygens (including phenoxy) is 1. The predicted octanol–water partition coefficient (Wildman–Crippen LogP) is 4.50. The van der Waals surface area contributed by atoms with Crippen LogP contribution in [-0.4, -0.2) is 28.3 Å². The van der Waals surface area contributed by atoms with Gasteiger partial charge < -0.3 is 14.9 Å². The zero-order valence-corrected chi connectivity index (χ0v) is 15.1. The Morgan fingerprint density at radius 2 is 1.88 bits per heavy atom. The second-order valence-corrected chi connectivity index (χ2v) is 6.67. The van der Waals surface area contributed by atoms with E-state index in [1.165, 1.54) is 7.11 Å². The largest absolute Gasteiger partial charge is 0.507 e. The third kappa shape index (κ3) is 3.65. The first-order valence-electron chi connectivity index (χ1n) is 7.85. The highest BCUT2D eigenvalue weighted by atomic mass is 32.2. The van der Waals surface area contributed by atoms with Crippen LogP contribution in [0.4, 0.5) is 5.69 Å². The van der Waals surface area contributed by atoms with Gasteiger partial charge in [0.25, 0.3) is 0 Å². The highest BCUT2D eigenvalue weighted by Crippen LogP contribution is 2.40. The Hall–Kier alpha value is -2.99. The summed E-state index contributed by atoms with van der Waals surface area (Å²) >= 11 is 1.15. The number of carbonyl (C=O) groups excluding carboxylic acids is 1. The molecule has 0 aromatic heterocycles. The Labute approximate surface area is 155 Å². The van der Waals surface area contributed by atoms with E-state index in [1.807, 2.05) is 31.2 Å². The standard InChI is InChI=1S/C20H17NO4S/c1-12-8-9-13(15(22)10-12)11-16-18(23)17(20(24)25-2)19(26-16)21-14-6-4-3-5-7-14/h3-11,22-23H,1-2H3. The fraction of sp³-hybridized carbons (Fsp3) is 0.100. The van der Waals surface area contributed by atoms with Crippen LogP contribution in [0.1, 0.15) is 11.1 Å². The van der Waals surface area contributed by atoms with Crippen LogP contribution in [0.5, 0.6) is 5.75 Å². The molecule has 0 unspecified atom stereocenters. The minimum Gasteiger partial charge on any atom is -0.507 e. The lowest BCUT2D eigenvalue weighted by Crippen LogP contribution is -2.10. The van der Waals surface area contributed by atoms with Crippen molar-refractivity contribution >= 4 is 34.5 Å². The fourth-order valence-corrected chi connectivity index (χ4v) is 3.45. The van der Waals surface area contributed by atoms with Gasteiger partial charge in [-0.1, -0.05) is 42.1 Å². The number of aryl methyl sites for hydroxylation is 1. The molecule has 1 aliphatic rings. The van der Waals surface area contributed by atoms with Crippen molar-refractivity contribution in [3.8, 4) is 5.75 Å². The number of hydrogen-bond acceptors (Lipinski definition) is 6. The van der Waals surface area contributed by atoms with Crippen molar-refractivity contribution in [3.05, 3.63) is 75.9 Å². The molecule has 0 radical (unpaired) electrons. The lowest BCUT2D eigenvalue weighted by atomic mass is 10.1. The van der Waals surface area contributed by atoms with E-state index >= 15 is 0 Å². The van der Waals surface area contributed by atoms with Crippen LogP contribution in [0, 0.1) is 6.92 Å². The van der Waals surface area contributed by atoms with E-state index < -0.39 is 5.97 Å². The fourth-order valence-electron chi connectivity index (χ4n) is 2.43. The number of benzene rings is 2. The SMILES string of the molecule is COC(=O)C1=C(O)C(=Cc2ccc(C)cc2O)SC1=Nc1ccccc1. The Morgan fingerprint density at radius 1 is 1.15 bits per heavy atom. The molecule has 0 bridgehead atoms. The first kappa shape index (κ1) is 17.8. The number of para-hydroxylation sites is 1. The molecule has 1 heterocycles. The molecule has 0 spiro atoms. The number of esters is 1.